The summed E-state index contributed by atoms with van der Waals surface area (Å²) in [6.45, 7) is 4.38. The van der Waals surface area contributed by atoms with Crippen LogP contribution in [0.2, 0.25) is 0 Å². The predicted octanol–water partition coefficient (Wildman–Crippen LogP) is 2.69. The highest BCUT2D eigenvalue weighted by molar-refractivity contribution is 7.89. The standard InChI is InChI=1S/C23H32N2O5S/c1-16-13-25(17(2)15-26)31(27,28)23-10-9-19(18-7-6-8-20(11-18)29-5)12-21(23)30-22(16)14-24(3)4/h6-12,16-17,22,26H,13-15H2,1-5H3/t16-,17-,22-/m0/s1. The lowest BCUT2D eigenvalue weighted by molar-refractivity contribution is 0.0813. The quantitative estimate of drug-likeness (QED) is 0.732. The number of aliphatic hydroxyl groups excluding tert-OH is 1. The van der Waals surface area contributed by atoms with Crippen LogP contribution in [0.25, 0.3) is 11.1 Å². The Kier molecular flexibility index (Phi) is 7.26. The summed E-state index contributed by atoms with van der Waals surface area (Å²) in [4.78, 5) is 2.15. The average Bonchev–Trinajstić information content (AvgIpc) is 2.75. The summed E-state index contributed by atoms with van der Waals surface area (Å²) in [5.74, 6) is 0.980. The summed E-state index contributed by atoms with van der Waals surface area (Å²) >= 11 is 0. The van der Waals surface area contributed by atoms with Gasteiger partial charge in [-0.05, 0) is 56.4 Å². The van der Waals surface area contributed by atoms with Crippen molar-refractivity contribution in [1.29, 1.82) is 0 Å². The normalized spacial score (nSPS) is 22.2. The van der Waals surface area contributed by atoms with Crippen molar-refractivity contribution in [3.8, 4) is 22.6 Å². The van der Waals surface area contributed by atoms with Crippen LogP contribution in [0, 0.1) is 5.92 Å². The maximum atomic E-state index is 13.5. The van der Waals surface area contributed by atoms with Gasteiger partial charge in [0.2, 0.25) is 10.0 Å². The Balaban J connectivity index is 2.15. The number of ether oxygens (including phenoxy) is 2. The molecular formula is C23H32N2O5S. The van der Waals surface area contributed by atoms with Gasteiger partial charge in [-0.15, -0.1) is 0 Å². The van der Waals surface area contributed by atoms with Gasteiger partial charge in [-0.2, -0.15) is 4.31 Å². The summed E-state index contributed by atoms with van der Waals surface area (Å²) in [5, 5.41) is 9.71. The van der Waals surface area contributed by atoms with E-state index in [9.17, 15) is 13.5 Å². The summed E-state index contributed by atoms with van der Waals surface area (Å²) in [6, 6.07) is 12.2. The van der Waals surface area contributed by atoms with Crippen molar-refractivity contribution in [2.45, 2.75) is 30.9 Å². The first-order valence-electron chi connectivity index (χ1n) is 10.4. The van der Waals surface area contributed by atoms with Crippen molar-refractivity contribution in [2.24, 2.45) is 5.92 Å². The molecule has 1 aliphatic rings. The number of fused-ring (bicyclic) bond motifs is 1. The van der Waals surface area contributed by atoms with E-state index in [1.165, 1.54) is 4.31 Å². The molecule has 0 aliphatic carbocycles. The Morgan fingerprint density at radius 3 is 2.58 bits per heavy atom. The monoisotopic (exact) mass is 448 g/mol. The van der Waals surface area contributed by atoms with E-state index in [0.717, 1.165) is 16.9 Å². The first-order chi connectivity index (χ1) is 14.7. The average molecular weight is 449 g/mol. The highest BCUT2D eigenvalue weighted by atomic mass is 32.2. The van der Waals surface area contributed by atoms with Crippen LogP contribution in [0.4, 0.5) is 0 Å². The van der Waals surface area contributed by atoms with Gasteiger partial charge in [0.1, 0.15) is 22.5 Å². The van der Waals surface area contributed by atoms with Crippen LogP contribution < -0.4 is 9.47 Å². The first kappa shape index (κ1) is 23.5. The zero-order valence-electron chi connectivity index (χ0n) is 18.8. The van der Waals surface area contributed by atoms with Crippen LogP contribution in [0.15, 0.2) is 47.4 Å². The van der Waals surface area contributed by atoms with E-state index in [4.69, 9.17) is 9.47 Å². The Labute approximate surface area is 185 Å². The van der Waals surface area contributed by atoms with E-state index in [1.807, 2.05) is 50.2 Å². The number of likely N-dealkylation sites (N-methyl/N-ethyl adjacent to an activating group) is 1. The fourth-order valence-electron chi connectivity index (χ4n) is 3.79. The van der Waals surface area contributed by atoms with E-state index < -0.39 is 16.1 Å². The number of nitrogens with zero attached hydrogens (tertiary/aromatic N) is 2. The number of methoxy groups -OCH3 is 1. The smallest absolute Gasteiger partial charge is 0.247 e. The second kappa shape index (κ2) is 9.56. The zero-order chi connectivity index (χ0) is 22.8. The highest BCUT2D eigenvalue weighted by Gasteiger charge is 2.37. The van der Waals surface area contributed by atoms with Gasteiger partial charge >= 0.3 is 0 Å². The highest BCUT2D eigenvalue weighted by Crippen LogP contribution is 2.37. The molecule has 7 nitrogen and oxygen atoms in total. The number of aliphatic hydroxyl groups is 1. The summed E-state index contributed by atoms with van der Waals surface area (Å²) in [5.41, 5.74) is 1.74. The van der Waals surface area contributed by atoms with Crippen molar-refractivity contribution in [1.82, 2.24) is 9.21 Å². The fraction of sp³-hybridized carbons (Fsp3) is 0.478. The van der Waals surface area contributed by atoms with Crippen molar-refractivity contribution >= 4 is 10.0 Å². The molecule has 0 aromatic heterocycles. The Hall–Kier alpha value is -2.13. The molecule has 3 rings (SSSR count). The Morgan fingerprint density at radius 1 is 1.23 bits per heavy atom. The lowest BCUT2D eigenvalue weighted by Crippen LogP contribution is -2.49. The lowest BCUT2D eigenvalue weighted by atomic mass is 10.0. The maximum Gasteiger partial charge on any atom is 0.247 e. The SMILES string of the molecule is COc1cccc(-c2ccc3c(c2)O[C@@H](CN(C)C)[C@@H](C)CN([C@@H](C)CO)S3(=O)=O)c1. The second-order valence-electron chi connectivity index (χ2n) is 8.40. The number of benzene rings is 2. The molecule has 1 heterocycles. The molecule has 0 unspecified atom stereocenters. The van der Waals surface area contributed by atoms with E-state index in [0.29, 0.717) is 12.3 Å². The van der Waals surface area contributed by atoms with Crippen molar-refractivity contribution in [3.05, 3.63) is 42.5 Å². The molecule has 31 heavy (non-hydrogen) atoms. The third-order valence-electron chi connectivity index (χ3n) is 5.62. The van der Waals surface area contributed by atoms with Crippen molar-refractivity contribution < 1.29 is 23.0 Å². The van der Waals surface area contributed by atoms with Crippen molar-refractivity contribution in [2.75, 3.05) is 40.9 Å². The number of hydrogen-bond donors (Lipinski definition) is 1. The zero-order valence-corrected chi connectivity index (χ0v) is 19.6. The van der Waals surface area contributed by atoms with Crippen LogP contribution in [-0.2, 0) is 10.0 Å². The number of hydrogen-bond acceptors (Lipinski definition) is 6. The molecule has 3 atom stereocenters. The molecule has 0 saturated carbocycles. The van der Waals surface area contributed by atoms with Gasteiger partial charge in [0.05, 0.1) is 13.7 Å². The van der Waals surface area contributed by atoms with Gasteiger partial charge in [0.25, 0.3) is 0 Å². The molecule has 0 radical (unpaired) electrons. The summed E-state index contributed by atoms with van der Waals surface area (Å²) in [7, 11) is 1.70. The van der Waals surface area contributed by atoms with Crippen LogP contribution in [0.3, 0.4) is 0 Å². The molecule has 0 amide bonds. The van der Waals surface area contributed by atoms with Crippen LogP contribution >= 0.6 is 0 Å². The topological polar surface area (TPSA) is 79.3 Å². The molecular weight excluding hydrogens is 416 g/mol. The molecule has 170 valence electrons. The second-order valence-corrected chi connectivity index (χ2v) is 10.3. The van der Waals surface area contributed by atoms with Crippen LogP contribution in [-0.4, -0.2) is 75.8 Å². The summed E-state index contributed by atoms with van der Waals surface area (Å²) < 4.78 is 40.1. The van der Waals surface area contributed by atoms with Crippen LogP contribution in [0.5, 0.6) is 11.5 Å². The van der Waals surface area contributed by atoms with Crippen molar-refractivity contribution in [3.63, 3.8) is 0 Å². The minimum absolute atomic E-state index is 0.0696. The lowest BCUT2D eigenvalue weighted by Gasteiger charge is -2.37. The molecule has 1 aliphatic heterocycles. The predicted molar refractivity (Wildman–Crippen MR) is 121 cm³/mol. The minimum atomic E-state index is -3.84. The largest absolute Gasteiger partial charge is 0.497 e. The molecule has 8 heteroatoms. The first-order valence-corrected chi connectivity index (χ1v) is 11.8. The van der Waals surface area contributed by atoms with Gasteiger partial charge in [-0.3, -0.25) is 0 Å². The van der Waals surface area contributed by atoms with E-state index in [1.54, 1.807) is 32.2 Å². The van der Waals surface area contributed by atoms with E-state index >= 15 is 0 Å². The molecule has 2 aromatic carbocycles. The molecule has 0 spiro atoms. The maximum absolute atomic E-state index is 13.5. The molecule has 0 fully saturated rings. The van der Waals surface area contributed by atoms with E-state index in [2.05, 4.69) is 0 Å². The van der Waals surface area contributed by atoms with Gasteiger partial charge < -0.3 is 19.5 Å². The molecule has 0 saturated heterocycles. The number of rotatable bonds is 6. The van der Waals surface area contributed by atoms with Gasteiger partial charge in [0.15, 0.2) is 0 Å². The third-order valence-corrected chi connectivity index (χ3v) is 7.63. The Morgan fingerprint density at radius 2 is 1.94 bits per heavy atom. The van der Waals surface area contributed by atoms with Gasteiger partial charge in [-0.1, -0.05) is 25.1 Å². The van der Waals surface area contributed by atoms with Crippen LogP contribution in [0.1, 0.15) is 13.8 Å². The fourth-order valence-corrected chi connectivity index (χ4v) is 5.61. The summed E-state index contributed by atoms with van der Waals surface area (Å²) in [6.07, 6.45) is -0.210. The molecule has 2 aromatic rings. The Bertz CT molecular complexity index is 1010. The molecule has 0 bridgehead atoms. The number of sulfonamides is 1. The van der Waals surface area contributed by atoms with Gasteiger partial charge in [-0.25, -0.2) is 8.42 Å². The third kappa shape index (κ3) is 5.03. The van der Waals surface area contributed by atoms with Gasteiger partial charge in [0, 0.05) is 25.0 Å². The minimum Gasteiger partial charge on any atom is -0.497 e. The molecule has 1 N–H and O–H groups in total. The van der Waals surface area contributed by atoms with E-state index in [-0.39, 0.29) is 30.1 Å².